The summed E-state index contributed by atoms with van der Waals surface area (Å²) in [5, 5.41) is 14.0. The van der Waals surface area contributed by atoms with Gasteiger partial charge in [0.05, 0.1) is 17.0 Å². The third-order valence-corrected chi connectivity index (χ3v) is 9.92. The van der Waals surface area contributed by atoms with Crippen LogP contribution >= 0.6 is 0 Å². The number of aliphatic imine (C=N–C) groups is 1. The predicted octanol–water partition coefficient (Wildman–Crippen LogP) is 12.4. The minimum Gasteiger partial charge on any atom is -0.359 e. The minimum absolute atomic E-state index is 0.400. The van der Waals surface area contributed by atoms with E-state index in [-0.39, 0.29) is 0 Å². The fraction of sp³-hybridized carbons (Fsp3) is 0.106. The van der Waals surface area contributed by atoms with E-state index in [0.29, 0.717) is 5.92 Å². The zero-order valence-electron chi connectivity index (χ0n) is 27.9. The van der Waals surface area contributed by atoms with Gasteiger partial charge in [0.15, 0.2) is 0 Å². The Labute approximate surface area is 294 Å². The fourth-order valence-corrected chi connectivity index (χ4v) is 7.17. The molecular weight excluding hydrogens is 607 g/mol. The molecule has 6 aromatic rings. The maximum absolute atomic E-state index is 10.3. The van der Waals surface area contributed by atoms with Crippen LogP contribution < -0.4 is 5.32 Å². The second-order valence-corrected chi connectivity index (χ2v) is 13.1. The summed E-state index contributed by atoms with van der Waals surface area (Å²) in [5.41, 5.74) is 15.4. The largest absolute Gasteiger partial charge is 0.359 e. The Morgan fingerprint density at radius 2 is 0.920 bits per heavy atom. The molecule has 0 saturated carbocycles. The van der Waals surface area contributed by atoms with Crippen molar-refractivity contribution in [3.8, 4) is 50.6 Å². The van der Waals surface area contributed by atoms with Crippen LogP contribution in [0.15, 0.2) is 186 Å². The second kappa shape index (κ2) is 14.1. The van der Waals surface area contributed by atoms with E-state index in [0.717, 1.165) is 65.2 Å². The number of nitrogens with zero attached hydrogens (tertiary/aromatic N) is 2. The quantitative estimate of drug-likeness (QED) is 0.188. The van der Waals surface area contributed by atoms with E-state index in [9.17, 15) is 5.26 Å². The van der Waals surface area contributed by atoms with Crippen LogP contribution in [0.25, 0.3) is 44.5 Å². The number of allylic oxidation sites excluding steroid dienone is 4. The van der Waals surface area contributed by atoms with E-state index in [1.165, 1.54) is 38.9 Å². The highest BCUT2D eigenvalue weighted by molar-refractivity contribution is 6.06. The molecule has 0 heterocycles. The van der Waals surface area contributed by atoms with E-state index in [1.807, 2.05) is 12.1 Å². The molecule has 0 bridgehead atoms. The van der Waals surface area contributed by atoms with Gasteiger partial charge in [-0.15, -0.1) is 0 Å². The summed E-state index contributed by atoms with van der Waals surface area (Å²) in [6.07, 6.45) is 6.06. The molecule has 1 atom stereocenters. The smallest absolute Gasteiger partial charge is 0.101 e. The molecule has 0 spiro atoms. The van der Waals surface area contributed by atoms with E-state index in [1.54, 1.807) is 0 Å². The molecule has 240 valence electrons. The lowest BCUT2D eigenvalue weighted by atomic mass is 9.76. The zero-order valence-corrected chi connectivity index (χ0v) is 27.9. The lowest BCUT2D eigenvalue weighted by Crippen LogP contribution is -2.22. The number of nitriles is 1. The third-order valence-electron chi connectivity index (χ3n) is 9.92. The molecule has 50 heavy (non-hydrogen) atoms. The van der Waals surface area contributed by atoms with Crippen LogP contribution in [-0.4, -0.2) is 5.71 Å². The Kier molecular flexibility index (Phi) is 8.75. The molecule has 8 rings (SSSR count). The van der Waals surface area contributed by atoms with Gasteiger partial charge < -0.3 is 5.32 Å². The SMILES string of the molecule is N#CC1=C2C=C(Nc3ccc(-c4ccc(-c5ccccc5)cc4)cc3)CCC2CCC1=Nc1ccc(-c2ccc(-c3ccccc3)cc2)cc1. The van der Waals surface area contributed by atoms with Gasteiger partial charge >= 0.3 is 0 Å². The first kappa shape index (κ1) is 31.1. The number of hydrogen-bond donors (Lipinski definition) is 1. The van der Waals surface area contributed by atoms with Crippen molar-refractivity contribution in [1.82, 2.24) is 0 Å². The summed E-state index contributed by atoms with van der Waals surface area (Å²) < 4.78 is 0. The van der Waals surface area contributed by atoms with Crippen LogP contribution in [0.5, 0.6) is 0 Å². The van der Waals surface area contributed by atoms with E-state index in [4.69, 9.17) is 4.99 Å². The number of fused-ring (bicyclic) bond motifs is 1. The summed E-state index contributed by atoms with van der Waals surface area (Å²) in [7, 11) is 0. The monoisotopic (exact) mass is 643 g/mol. The average molecular weight is 644 g/mol. The van der Waals surface area contributed by atoms with Crippen molar-refractivity contribution in [1.29, 1.82) is 5.26 Å². The summed E-state index contributed by atoms with van der Waals surface area (Å²) in [6.45, 7) is 0. The number of benzene rings is 6. The molecule has 1 N–H and O–H groups in total. The number of rotatable bonds is 7. The van der Waals surface area contributed by atoms with Gasteiger partial charge in [-0.2, -0.15) is 5.26 Å². The average Bonchev–Trinajstić information content (AvgIpc) is 3.19. The van der Waals surface area contributed by atoms with E-state index < -0.39 is 0 Å². The van der Waals surface area contributed by atoms with Crippen molar-refractivity contribution in [2.24, 2.45) is 10.9 Å². The molecule has 0 radical (unpaired) electrons. The van der Waals surface area contributed by atoms with E-state index in [2.05, 4.69) is 163 Å². The molecule has 0 amide bonds. The first-order valence-corrected chi connectivity index (χ1v) is 17.4. The Hall–Kier alpha value is -6.24. The standard InChI is InChI=1S/C47H37N3/c48-32-46-45-31-44(49-42-25-19-39(20-26-42)37-15-11-35(12-16-37)33-7-3-1-4-8-33)29-23-41(45)24-30-47(46)50-43-27-21-40(22-28-43)38-17-13-36(14-18-38)34-9-5-2-6-10-34/h1-22,25-28,31,41,49H,23-24,29-30H2. The summed E-state index contributed by atoms with van der Waals surface area (Å²) in [5.74, 6) is 0.400. The predicted molar refractivity (Wildman–Crippen MR) is 208 cm³/mol. The van der Waals surface area contributed by atoms with Gasteiger partial charge in [0, 0.05) is 11.4 Å². The van der Waals surface area contributed by atoms with Crippen molar-refractivity contribution in [2.45, 2.75) is 25.7 Å². The first-order chi connectivity index (χ1) is 24.7. The van der Waals surface area contributed by atoms with Crippen LogP contribution in [0.3, 0.4) is 0 Å². The highest BCUT2D eigenvalue weighted by atomic mass is 14.9. The van der Waals surface area contributed by atoms with Crippen molar-refractivity contribution < 1.29 is 0 Å². The van der Waals surface area contributed by atoms with Gasteiger partial charge in [-0.25, -0.2) is 0 Å². The van der Waals surface area contributed by atoms with Crippen LogP contribution in [-0.2, 0) is 0 Å². The van der Waals surface area contributed by atoms with Crippen LogP contribution in [0.2, 0.25) is 0 Å². The molecule has 0 aromatic heterocycles. The molecule has 2 aliphatic carbocycles. The topological polar surface area (TPSA) is 48.2 Å². The number of anilines is 1. The van der Waals surface area contributed by atoms with Gasteiger partial charge in [-0.3, -0.25) is 4.99 Å². The van der Waals surface area contributed by atoms with Crippen molar-refractivity contribution in [2.75, 3.05) is 5.32 Å². The Balaban J connectivity index is 0.968. The van der Waals surface area contributed by atoms with Gasteiger partial charge in [0.2, 0.25) is 0 Å². The molecule has 0 aliphatic heterocycles. The van der Waals surface area contributed by atoms with Gasteiger partial charge in [-0.1, -0.05) is 133 Å². The summed E-state index contributed by atoms with van der Waals surface area (Å²) in [6, 6.07) is 57.8. The number of nitrogens with one attached hydrogen (secondary N) is 1. The molecule has 0 fully saturated rings. The Bertz CT molecular complexity index is 2240. The maximum atomic E-state index is 10.3. The fourth-order valence-electron chi connectivity index (χ4n) is 7.17. The lowest BCUT2D eigenvalue weighted by molar-refractivity contribution is 0.512. The second-order valence-electron chi connectivity index (χ2n) is 13.1. The zero-order chi connectivity index (χ0) is 33.7. The third kappa shape index (κ3) is 6.70. The first-order valence-electron chi connectivity index (χ1n) is 17.4. The van der Waals surface area contributed by atoms with Crippen LogP contribution in [0.4, 0.5) is 11.4 Å². The highest BCUT2D eigenvalue weighted by Gasteiger charge is 2.29. The minimum atomic E-state index is 0.400. The molecule has 1 unspecified atom stereocenters. The molecule has 6 aromatic carbocycles. The molecule has 3 nitrogen and oxygen atoms in total. The van der Waals surface area contributed by atoms with Crippen molar-refractivity contribution in [3.63, 3.8) is 0 Å². The summed E-state index contributed by atoms with van der Waals surface area (Å²) in [4.78, 5) is 5.01. The molecule has 0 saturated heterocycles. The van der Waals surface area contributed by atoms with Gasteiger partial charge in [0.1, 0.15) is 6.07 Å². The van der Waals surface area contributed by atoms with Crippen molar-refractivity contribution >= 4 is 17.1 Å². The summed E-state index contributed by atoms with van der Waals surface area (Å²) >= 11 is 0. The lowest BCUT2D eigenvalue weighted by Gasteiger charge is -2.30. The normalized spacial score (nSPS) is 16.3. The van der Waals surface area contributed by atoms with Gasteiger partial charge in [-0.05, 0) is 112 Å². The van der Waals surface area contributed by atoms with Gasteiger partial charge in [0.25, 0.3) is 0 Å². The highest BCUT2D eigenvalue weighted by Crippen LogP contribution is 2.39. The molecule has 2 aliphatic rings. The van der Waals surface area contributed by atoms with Crippen molar-refractivity contribution in [3.05, 3.63) is 181 Å². The van der Waals surface area contributed by atoms with Crippen LogP contribution in [0.1, 0.15) is 25.7 Å². The van der Waals surface area contributed by atoms with E-state index >= 15 is 0 Å². The van der Waals surface area contributed by atoms with Crippen LogP contribution in [0, 0.1) is 17.2 Å². The number of hydrogen-bond acceptors (Lipinski definition) is 3. The maximum Gasteiger partial charge on any atom is 0.101 e. The Morgan fingerprint density at radius 3 is 1.40 bits per heavy atom. The Morgan fingerprint density at radius 1 is 0.500 bits per heavy atom. The molecule has 3 heteroatoms. The molecular formula is C47H37N3.